The Hall–Kier alpha value is -3.93. The normalized spacial score (nSPS) is 19.5. The van der Waals surface area contributed by atoms with Gasteiger partial charge in [-0.15, -0.1) is 0 Å². The SMILES string of the molecule is Cc1cccnc1C(Nc1c(Nc2ccc(F)c(C(=O)N(C)C)c2O)c(=O)c1=O)[C@]1(C)CC(F)(F)CO1. The van der Waals surface area contributed by atoms with Crippen LogP contribution in [0.3, 0.4) is 0 Å². The third kappa shape index (κ3) is 4.64. The van der Waals surface area contributed by atoms with Crippen molar-refractivity contribution in [3.63, 3.8) is 0 Å². The maximum absolute atomic E-state index is 14.3. The van der Waals surface area contributed by atoms with Gasteiger partial charge in [0.15, 0.2) is 5.75 Å². The highest BCUT2D eigenvalue weighted by atomic mass is 19.3. The van der Waals surface area contributed by atoms with Crippen molar-refractivity contribution in [1.29, 1.82) is 0 Å². The second kappa shape index (κ2) is 9.18. The van der Waals surface area contributed by atoms with Crippen LogP contribution in [-0.2, 0) is 4.74 Å². The van der Waals surface area contributed by atoms with Crippen molar-refractivity contribution in [2.45, 2.75) is 37.8 Å². The number of halogens is 3. The van der Waals surface area contributed by atoms with Gasteiger partial charge in [-0.3, -0.25) is 19.4 Å². The molecule has 9 nitrogen and oxygen atoms in total. The third-order valence-electron chi connectivity index (χ3n) is 6.36. The molecule has 1 unspecified atom stereocenters. The Morgan fingerprint density at radius 2 is 1.86 bits per heavy atom. The maximum Gasteiger partial charge on any atom is 0.273 e. The number of aryl methyl sites for hydroxylation is 1. The summed E-state index contributed by atoms with van der Waals surface area (Å²) in [6.45, 7) is 2.36. The van der Waals surface area contributed by atoms with E-state index in [4.69, 9.17) is 4.74 Å². The molecule has 1 fully saturated rings. The molecule has 2 aromatic carbocycles. The van der Waals surface area contributed by atoms with Gasteiger partial charge in [0.1, 0.15) is 29.4 Å². The van der Waals surface area contributed by atoms with Gasteiger partial charge >= 0.3 is 0 Å². The molecule has 2 atom stereocenters. The van der Waals surface area contributed by atoms with E-state index in [-0.39, 0.29) is 17.1 Å². The van der Waals surface area contributed by atoms with Crippen molar-refractivity contribution < 1.29 is 27.8 Å². The zero-order valence-corrected chi connectivity index (χ0v) is 20.5. The molecular weight excluding hydrogens is 493 g/mol. The van der Waals surface area contributed by atoms with E-state index in [9.17, 15) is 32.7 Å². The number of carbonyl (C=O) groups excluding carboxylic acids is 1. The minimum Gasteiger partial charge on any atom is -0.505 e. The summed E-state index contributed by atoms with van der Waals surface area (Å²) in [5.74, 6) is -5.68. The number of hydrogen-bond acceptors (Lipinski definition) is 8. The number of anilines is 3. The first kappa shape index (κ1) is 26.1. The Morgan fingerprint density at radius 3 is 2.46 bits per heavy atom. The molecular formula is C25H25F3N4O5. The van der Waals surface area contributed by atoms with Gasteiger partial charge in [-0.2, -0.15) is 0 Å². The van der Waals surface area contributed by atoms with Crippen molar-refractivity contribution in [2.24, 2.45) is 0 Å². The fraction of sp³-hybridized carbons (Fsp3) is 0.360. The largest absolute Gasteiger partial charge is 0.505 e. The number of phenolic OH excluding ortho intramolecular Hbond substituents is 1. The number of rotatable bonds is 7. The van der Waals surface area contributed by atoms with Crippen LogP contribution in [0.2, 0.25) is 0 Å². The highest BCUT2D eigenvalue weighted by molar-refractivity contribution is 5.99. The molecule has 0 bridgehead atoms. The van der Waals surface area contributed by atoms with Crippen LogP contribution in [-0.4, -0.2) is 53.1 Å². The first-order valence-corrected chi connectivity index (χ1v) is 11.3. The lowest BCUT2D eigenvalue weighted by Crippen LogP contribution is -2.44. The van der Waals surface area contributed by atoms with Crippen LogP contribution in [0.1, 0.15) is 41.0 Å². The summed E-state index contributed by atoms with van der Waals surface area (Å²) in [7, 11) is 2.74. The topological polar surface area (TPSA) is 121 Å². The molecule has 1 aliphatic rings. The zero-order valence-electron chi connectivity index (χ0n) is 20.5. The minimum atomic E-state index is -3.11. The number of nitrogens with one attached hydrogen (secondary N) is 2. The van der Waals surface area contributed by atoms with Crippen LogP contribution in [0.15, 0.2) is 40.1 Å². The lowest BCUT2D eigenvalue weighted by atomic mass is 9.87. The Labute approximate surface area is 209 Å². The number of aromatic hydroxyl groups is 1. The molecule has 2 heterocycles. The fourth-order valence-electron chi connectivity index (χ4n) is 4.40. The van der Waals surface area contributed by atoms with Crippen LogP contribution in [0.5, 0.6) is 5.75 Å². The number of ether oxygens (including phenoxy) is 1. The molecule has 1 saturated heterocycles. The molecule has 3 N–H and O–H groups in total. The molecule has 1 amide bonds. The lowest BCUT2D eigenvalue weighted by molar-refractivity contribution is -0.0248. The van der Waals surface area contributed by atoms with Crippen molar-refractivity contribution >= 4 is 23.0 Å². The summed E-state index contributed by atoms with van der Waals surface area (Å²) >= 11 is 0. The first-order valence-electron chi connectivity index (χ1n) is 11.3. The van der Waals surface area contributed by atoms with Gasteiger partial charge in [-0.05, 0) is 37.6 Å². The molecule has 0 spiro atoms. The maximum atomic E-state index is 14.3. The summed E-state index contributed by atoms with van der Waals surface area (Å²) in [6.07, 6.45) is 0.801. The highest BCUT2D eigenvalue weighted by Gasteiger charge is 2.53. The van der Waals surface area contributed by atoms with Crippen molar-refractivity contribution in [2.75, 3.05) is 31.3 Å². The second-order valence-electron chi connectivity index (χ2n) is 9.47. The Morgan fingerprint density at radius 1 is 1.19 bits per heavy atom. The summed E-state index contributed by atoms with van der Waals surface area (Å²) in [6, 6.07) is 4.34. The van der Waals surface area contributed by atoms with Crippen LogP contribution < -0.4 is 21.5 Å². The minimum absolute atomic E-state index is 0.206. The van der Waals surface area contributed by atoms with E-state index in [1.807, 2.05) is 0 Å². The number of amides is 1. The van der Waals surface area contributed by atoms with Gasteiger partial charge < -0.3 is 25.4 Å². The number of carbonyl (C=O) groups is 1. The highest BCUT2D eigenvalue weighted by Crippen LogP contribution is 2.46. The van der Waals surface area contributed by atoms with Crippen LogP contribution in [0.25, 0.3) is 0 Å². The van der Waals surface area contributed by atoms with E-state index in [2.05, 4.69) is 15.6 Å². The third-order valence-corrected chi connectivity index (χ3v) is 6.36. The fourth-order valence-corrected chi connectivity index (χ4v) is 4.40. The van der Waals surface area contributed by atoms with Crippen molar-refractivity contribution in [3.05, 3.63) is 73.5 Å². The lowest BCUT2D eigenvalue weighted by Gasteiger charge is -2.35. The van der Waals surface area contributed by atoms with Crippen LogP contribution in [0, 0.1) is 12.7 Å². The Balaban J connectivity index is 1.74. The van der Waals surface area contributed by atoms with E-state index in [1.54, 1.807) is 19.1 Å². The molecule has 1 aromatic heterocycles. The number of alkyl halides is 2. The summed E-state index contributed by atoms with van der Waals surface area (Å²) < 4.78 is 48.2. The number of phenols is 1. The monoisotopic (exact) mass is 518 g/mol. The van der Waals surface area contributed by atoms with Gasteiger partial charge in [-0.1, -0.05) is 6.07 Å². The molecule has 4 rings (SSSR count). The predicted molar refractivity (Wildman–Crippen MR) is 130 cm³/mol. The number of aromatic nitrogens is 1. The summed E-state index contributed by atoms with van der Waals surface area (Å²) in [5.41, 5.74) is -3.77. The van der Waals surface area contributed by atoms with Gasteiger partial charge in [0, 0.05) is 26.7 Å². The molecule has 12 heteroatoms. The Kier molecular flexibility index (Phi) is 6.49. The number of nitrogens with zero attached hydrogens (tertiary/aromatic N) is 2. The molecule has 37 heavy (non-hydrogen) atoms. The van der Waals surface area contributed by atoms with Crippen molar-refractivity contribution in [1.82, 2.24) is 9.88 Å². The molecule has 196 valence electrons. The zero-order chi connectivity index (χ0) is 27.3. The van der Waals surface area contributed by atoms with E-state index >= 15 is 0 Å². The second-order valence-corrected chi connectivity index (χ2v) is 9.47. The van der Waals surface area contributed by atoms with Crippen LogP contribution in [0.4, 0.5) is 30.2 Å². The van der Waals surface area contributed by atoms with Gasteiger partial charge in [-0.25, -0.2) is 13.2 Å². The van der Waals surface area contributed by atoms with E-state index in [0.29, 0.717) is 11.3 Å². The molecule has 3 aromatic rings. The molecule has 0 saturated carbocycles. The predicted octanol–water partition coefficient (Wildman–Crippen LogP) is 3.24. The quantitative estimate of drug-likeness (QED) is 0.322. The smallest absolute Gasteiger partial charge is 0.273 e. The van der Waals surface area contributed by atoms with E-state index in [0.717, 1.165) is 17.0 Å². The Bertz CT molecular complexity index is 1450. The van der Waals surface area contributed by atoms with Gasteiger partial charge in [0.05, 0.1) is 23.0 Å². The number of hydrogen-bond donors (Lipinski definition) is 3. The molecule has 0 aliphatic carbocycles. The average Bonchev–Trinajstić information content (AvgIpc) is 3.13. The summed E-state index contributed by atoms with van der Waals surface area (Å²) in [4.78, 5) is 42.7. The van der Waals surface area contributed by atoms with Gasteiger partial charge in [0.2, 0.25) is 0 Å². The van der Waals surface area contributed by atoms with E-state index < -0.39 is 64.5 Å². The molecule has 1 aliphatic heterocycles. The van der Waals surface area contributed by atoms with Gasteiger partial charge in [0.25, 0.3) is 22.7 Å². The van der Waals surface area contributed by atoms with Crippen LogP contribution >= 0.6 is 0 Å². The molecule has 0 radical (unpaired) electrons. The first-order chi connectivity index (χ1) is 17.3. The average molecular weight is 518 g/mol. The van der Waals surface area contributed by atoms with Crippen molar-refractivity contribution in [3.8, 4) is 5.75 Å². The number of benzene rings is 1. The van der Waals surface area contributed by atoms with E-state index in [1.165, 1.54) is 27.2 Å². The summed E-state index contributed by atoms with van der Waals surface area (Å²) in [5, 5.41) is 16.0. The standard InChI is InChI=1S/C25H25F3N4O5/c1-12-6-5-9-29-16(12)22(24(2)10-25(27,28)11-37-24)31-18-17(20(34)21(18)35)30-14-8-7-13(26)15(19(14)33)23(36)32(3)4/h5-9,22,30-31,33H,10-11H2,1-4H3/t22?,24-/m0/s1. The number of pyridine rings is 1.